The van der Waals surface area contributed by atoms with E-state index in [0.29, 0.717) is 0 Å². The first kappa shape index (κ1) is 13.0. The lowest BCUT2D eigenvalue weighted by Crippen LogP contribution is -2.28. The van der Waals surface area contributed by atoms with E-state index < -0.39 is 0 Å². The van der Waals surface area contributed by atoms with Gasteiger partial charge in [0.25, 0.3) is 0 Å². The van der Waals surface area contributed by atoms with Gasteiger partial charge < -0.3 is 4.74 Å². The summed E-state index contributed by atoms with van der Waals surface area (Å²) in [7, 11) is 0. The van der Waals surface area contributed by atoms with Crippen molar-refractivity contribution in [3.63, 3.8) is 0 Å². The lowest BCUT2D eigenvalue weighted by atomic mass is 10.1. The van der Waals surface area contributed by atoms with E-state index in [-0.39, 0.29) is 12.1 Å². The Morgan fingerprint density at radius 1 is 1.33 bits per heavy atom. The molecule has 96 valence electrons. The van der Waals surface area contributed by atoms with Crippen molar-refractivity contribution in [3.05, 3.63) is 46.4 Å². The van der Waals surface area contributed by atoms with Crippen LogP contribution in [0.4, 0.5) is 0 Å². The fraction of sp³-hybridized carbons (Fsp3) is 0.308. The zero-order valence-corrected chi connectivity index (χ0v) is 11.3. The summed E-state index contributed by atoms with van der Waals surface area (Å²) in [4.78, 5) is 5.16. The van der Waals surface area contributed by atoms with Crippen LogP contribution in [-0.4, -0.2) is 11.1 Å². The molecule has 0 fully saturated rings. The topological polar surface area (TPSA) is 60.2 Å². The van der Waals surface area contributed by atoms with Crippen LogP contribution in [0.1, 0.15) is 30.3 Å². The number of hydrogen-bond donors (Lipinski definition) is 2. The Bertz CT molecular complexity index is 485. The largest absolute Gasteiger partial charge is 0.491 e. The Balaban J connectivity index is 2.36. The predicted molar refractivity (Wildman–Crippen MR) is 73.5 cm³/mol. The number of nitrogens with one attached hydrogen (secondary N) is 1. The molecule has 1 aromatic heterocycles. The smallest absolute Gasteiger partial charge is 0.124 e. The number of hydrogen-bond acceptors (Lipinski definition) is 5. The van der Waals surface area contributed by atoms with Gasteiger partial charge in [-0.1, -0.05) is 18.2 Å². The van der Waals surface area contributed by atoms with Crippen LogP contribution >= 0.6 is 11.3 Å². The Morgan fingerprint density at radius 3 is 2.72 bits per heavy atom. The van der Waals surface area contributed by atoms with Crippen molar-refractivity contribution in [1.82, 2.24) is 10.4 Å². The summed E-state index contributed by atoms with van der Waals surface area (Å²) < 4.78 is 5.81. The zero-order valence-electron chi connectivity index (χ0n) is 10.5. The molecule has 0 saturated heterocycles. The van der Waals surface area contributed by atoms with Crippen molar-refractivity contribution in [3.8, 4) is 5.75 Å². The maximum atomic E-state index is 5.81. The average molecular weight is 263 g/mol. The number of thiazole rings is 1. The third-order valence-corrected chi connectivity index (χ3v) is 3.34. The van der Waals surface area contributed by atoms with Gasteiger partial charge in [-0.15, -0.1) is 11.3 Å². The number of para-hydroxylation sites is 1. The van der Waals surface area contributed by atoms with Crippen molar-refractivity contribution in [2.45, 2.75) is 26.0 Å². The van der Waals surface area contributed by atoms with Gasteiger partial charge in [-0.25, -0.2) is 5.43 Å². The van der Waals surface area contributed by atoms with E-state index in [9.17, 15) is 0 Å². The summed E-state index contributed by atoms with van der Waals surface area (Å²) >= 11 is 1.57. The minimum atomic E-state index is -0.0903. The molecule has 1 atom stereocenters. The molecule has 18 heavy (non-hydrogen) atoms. The zero-order chi connectivity index (χ0) is 13.0. The molecule has 5 heteroatoms. The molecule has 2 aromatic rings. The molecule has 0 aliphatic heterocycles. The molecule has 0 aliphatic carbocycles. The lowest BCUT2D eigenvalue weighted by molar-refractivity contribution is 0.238. The van der Waals surface area contributed by atoms with Crippen LogP contribution in [-0.2, 0) is 0 Å². The van der Waals surface area contributed by atoms with Crippen molar-refractivity contribution in [2.75, 3.05) is 0 Å². The summed E-state index contributed by atoms with van der Waals surface area (Å²) in [5, 5.41) is 0. The summed E-state index contributed by atoms with van der Waals surface area (Å²) in [5.74, 6) is 6.52. The average Bonchev–Trinajstić information content (AvgIpc) is 2.85. The van der Waals surface area contributed by atoms with E-state index >= 15 is 0 Å². The van der Waals surface area contributed by atoms with Gasteiger partial charge in [0.1, 0.15) is 5.75 Å². The fourth-order valence-electron chi connectivity index (χ4n) is 1.77. The van der Waals surface area contributed by atoms with E-state index in [1.54, 1.807) is 16.8 Å². The Kier molecular flexibility index (Phi) is 4.30. The summed E-state index contributed by atoms with van der Waals surface area (Å²) in [5.41, 5.74) is 5.65. The summed E-state index contributed by atoms with van der Waals surface area (Å²) in [6.45, 7) is 4.02. The van der Waals surface area contributed by atoms with Gasteiger partial charge >= 0.3 is 0 Å². The number of benzene rings is 1. The van der Waals surface area contributed by atoms with Gasteiger partial charge in [0.2, 0.25) is 0 Å². The second-order valence-electron chi connectivity index (χ2n) is 4.21. The first-order valence-corrected chi connectivity index (χ1v) is 6.70. The van der Waals surface area contributed by atoms with Gasteiger partial charge in [-0.3, -0.25) is 10.8 Å². The highest BCUT2D eigenvalue weighted by molar-refractivity contribution is 7.09. The number of rotatable bonds is 5. The number of ether oxygens (including phenoxy) is 1. The van der Waals surface area contributed by atoms with E-state index in [1.165, 1.54) is 0 Å². The first-order chi connectivity index (χ1) is 8.72. The van der Waals surface area contributed by atoms with Crippen LogP contribution < -0.4 is 16.0 Å². The van der Waals surface area contributed by atoms with Gasteiger partial charge in [0.05, 0.1) is 17.7 Å². The van der Waals surface area contributed by atoms with Crippen LogP contribution in [0.5, 0.6) is 5.75 Å². The summed E-state index contributed by atoms with van der Waals surface area (Å²) in [6.07, 6.45) is 1.95. The molecule has 0 saturated carbocycles. The minimum absolute atomic E-state index is 0.0903. The first-order valence-electron chi connectivity index (χ1n) is 5.82. The maximum Gasteiger partial charge on any atom is 0.124 e. The maximum absolute atomic E-state index is 5.81. The fourth-order valence-corrected chi connectivity index (χ4v) is 2.47. The van der Waals surface area contributed by atoms with Gasteiger partial charge in [0, 0.05) is 16.6 Å². The quantitative estimate of drug-likeness (QED) is 0.642. The molecule has 0 spiro atoms. The number of aromatic nitrogens is 1. The van der Waals surface area contributed by atoms with Crippen LogP contribution in [0.3, 0.4) is 0 Å². The Morgan fingerprint density at radius 2 is 2.11 bits per heavy atom. The van der Waals surface area contributed by atoms with Crippen LogP contribution in [0.2, 0.25) is 0 Å². The normalized spacial score (nSPS) is 12.7. The van der Waals surface area contributed by atoms with Crippen molar-refractivity contribution in [1.29, 1.82) is 0 Å². The van der Waals surface area contributed by atoms with Crippen LogP contribution in [0, 0.1) is 0 Å². The molecule has 3 N–H and O–H groups in total. The lowest BCUT2D eigenvalue weighted by Gasteiger charge is -2.20. The van der Waals surface area contributed by atoms with Gasteiger partial charge in [0.15, 0.2) is 0 Å². The molecule has 0 radical (unpaired) electrons. The Labute approximate surface area is 111 Å². The molecular formula is C13H17N3OS. The molecule has 0 aliphatic rings. The van der Waals surface area contributed by atoms with E-state index in [2.05, 4.69) is 10.4 Å². The highest BCUT2D eigenvalue weighted by Crippen LogP contribution is 2.31. The SMILES string of the molecule is CC(C)Oc1ccccc1C(NN)c1cncs1. The molecule has 1 aromatic carbocycles. The molecule has 1 unspecified atom stereocenters. The molecule has 4 nitrogen and oxygen atoms in total. The molecule has 0 bridgehead atoms. The second-order valence-corrected chi connectivity index (χ2v) is 5.13. The highest BCUT2D eigenvalue weighted by Gasteiger charge is 2.18. The van der Waals surface area contributed by atoms with E-state index in [1.807, 2.05) is 44.3 Å². The molecule has 1 heterocycles. The monoisotopic (exact) mass is 263 g/mol. The minimum Gasteiger partial charge on any atom is -0.491 e. The highest BCUT2D eigenvalue weighted by atomic mass is 32.1. The predicted octanol–water partition coefficient (Wildman–Crippen LogP) is 2.48. The van der Waals surface area contributed by atoms with Crippen molar-refractivity contribution < 1.29 is 4.74 Å². The van der Waals surface area contributed by atoms with Gasteiger partial charge in [-0.05, 0) is 19.9 Å². The number of hydrazine groups is 1. The molecular weight excluding hydrogens is 246 g/mol. The van der Waals surface area contributed by atoms with E-state index in [0.717, 1.165) is 16.2 Å². The van der Waals surface area contributed by atoms with Gasteiger partial charge in [-0.2, -0.15) is 0 Å². The van der Waals surface area contributed by atoms with E-state index in [4.69, 9.17) is 10.6 Å². The van der Waals surface area contributed by atoms with Crippen LogP contribution in [0.25, 0.3) is 0 Å². The Hall–Kier alpha value is -1.43. The number of nitrogens with zero attached hydrogens (tertiary/aromatic N) is 1. The van der Waals surface area contributed by atoms with Crippen molar-refractivity contribution >= 4 is 11.3 Å². The van der Waals surface area contributed by atoms with Crippen molar-refractivity contribution in [2.24, 2.45) is 5.84 Å². The van der Waals surface area contributed by atoms with Crippen LogP contribution in [0.15, 0.2) is 36.0 Å². The number of nitrogens with two attached hydrogens (primary N) is 1. The standard InChI is InChI=1S/C13H17N3OS/c1-9(2)17-11-6-4-3-5-10(11)13(16-14)12-7-15-8-18-12/h3-9,13,16H,14H2,1-2H3. The molecule has 2 rings (SSSR count). The third-order valence-electron chi connectivity index (χ3n) is 2.50. The second kappa shape index (κ2) is 5.95. The third kappa shape index (κ3) is 2.87. The molecule has 0 amide bonds. The summed E-state index contributed by atoms with van der Waals surface area (Å²) in [6, 6.07) is 7.82.